The van der Waals surface area contributed by atoms with E-state index in [1.165, 1.54) is 12.1 Å². The van der Waals surface area contributed by atoms with Crippen LogP contribution in [0.25, 0.3) is 0 Å². The van der Waals surface area contributed by atoms with Crippen LogP contribution in [-0.2, 0) is 0 Å². The Labute approximate surface area is 132 Å². The highest BCUT2D eigenvalue weighted by molar-refractivity contribution is 6.42. The first-order valence-corrected chi connectivity index (χ1v) is 6.53. The van der Waals surface area contributed by atoms with Crippen molar-refractivity contribution < 1.29 is 18.0 Å². The van der Waals surface area contributed by atoms with Gasteiger partial charge < -0.3 is 5.32 Å². The fourth-order valence-electron chi connectivity index (χ4n) is 1.53. The molecule has 1 N–H and O–H groups in total. The van der Waals surface area contributed by atoms with E-state index >= 15 is 0 Å². The number of benzene rings is 2. The predicted molar refractivity (Wildman–Crippen MR) is 75.7 cm³/mol. The molecule has 2 nitrogen and oxygen atoms in total. The monoisotopic (exact) mass is 353 g/mol. The van der Waals surface area contributed by atoms with E-state index < -0.39 is 28.9 Å². The third-order valence-electron chi connectivity index (χ3n) is 2.49. The molecule has 0 aromatic heterocycles. The summed E-state index contributed by atoms with van der Waals surface area (Å²) in [6.45, 7) is 0. The van der Waals surface area contributed by atoms with Crippen molar-refractivity contribution >= 4 is 46.4 Å². The van der Waals surface area contributed by atoms with E-state index in [0.717, 1.165) is 0 Å². The third kappa shape index (κ3) is 3.43. The van der Waals surface area contributed by atoms with Gasteiger partial charge in [0.25, 0.3) is 5.91 Å². The number of carbonyl (C=O) groups is 1. The minimum Gasteiger partial charge on any atom is -0.319 e. The summed E-state index contributed by atoms with van der Waals surface area (Å²) in [5.41, 5.74) is -0.397. The van der Waals surface area contributed by atoms with Gasteiger partial charge in [0.1, 0.15) is 0 Å². The molecule has 0 saturated carbocycles. The average molecular weight is 355 g/mol. The molecule has 0 bridgehead atoms. The number of hydrogen-bond acceptors (Lipinski definition) is 1. The molecule has 1 amide bonds. The summed E-state index contributed by atoms with van der Waals surface area (Å²) in [6.07, 6.45) is 0. The molecule has 110 valence electrons. The Morgan fingerprint density at radius 1 is 0.905 bits per heavy atom. The van der Waals surface area contributed by atoms with Gasteiger partial charge >= 0.3 is 0 Å². The summed E-state index contributed by atoms with van der Waals surface area (Å²) in [5, 5.41) is 2.62. The van der Waals surface area contributed by atoms with Crippen LogP contribution >= 0.6 is 34.8 Å². The van der Waals surface area contributed by atoms with Crippen molar-refractivity contribution in [1.29, 1.82) is 0 Å². The molecule has 0 aliphatic heterocycles. The molecule has 2 aromatic carbocycles. The summed E-state index contributed by atoms with van der Waals surface area (Å²) in [6, 6.07) is 3.78. The lowest BCUT2D eigenvalue weighted by Gasteiger charge is -2.10. The zero-order valence-corrected chi connectivity index (χ0v) is 12.3. The lowest BCUT2D eigenvalue weighted by molar-refractivity contribution is 0.102. The number of halogens is 6. The maximum absolute atomic E-state index is 13.1. The first-order chi connectivity index (χ1) is 9.79. The Bertz CT molecular complexity index is 691. The van der Waals surface area contributed by atoms with Crippen LogP contribution in [0.1, 0.15) is 10.4 Å². The molecule has 0 radical (unpaired) electrons. The Morgan fingerprint density at radius 2 is 1.38 bits per heavy atom. The van der Waals surface area contributed by atoms with Gasteiger partial charge in [-0.15, -0.1) is 0 Å². The van der Waals surface area contributed by atoms with Crippen LogP contribution in [0.2, 0.25) is 15.1 Å². The second-order valence-electron chi connectivity index (χ2n) is 3.95. The highest BCUT2D eigenvalue weighted by Crippen LogP contribution is 2.34. The van der Waals surface area contributed by atoms with Crippen LogP contribution in [0.3, 0.4) is 0 Å². The Hall–Kier alpha value is -1.43. The molecule has 0 fully saturated rings. The molecule has 0 heterocycles. The van der Waals surface area contributed by atoms with E-state index in [0.29, 0.717) is 12.1 Å². The van der Waals surface area contributed by atoms with Gasteiger partial charge in [0.15, 0.2) is 17.5 Å². The van der Waals surface area contributed by atoms with E-state index in [-0.39, 0.29) is 20.8 Å². The van der Waals surface area contributed by atoms with Gasteiger partial charge in [-0.1, -0.05) is 34.8 Å². The Balaban J connectivity index is 2.35. The van der Waals surface area contributed by atoms with Crippen LogP contribution < -0.4 is 5.32 Å². The molecule has 0 saturated heterocycles. The van der Waals surface area contributed by atoms with Gasteiger partial charge in [-0.2, -0.15) is 0 Å². The maximum Gasteiger partial charge on any atom is 0.255 e. The molecule has 0 unspecified atom stereocenters. The average Bonchev–Trinajstić information content (AvgIpc) is 2.39. The van der Waals surface area contributed by atoms with Crippen LogP contribution in [-0.4, -0.2) is 5.91 Å². The summed E-state index contributed by atoms with van der Waals surface area (Å²) in [4.78, 5) is 11.9. The smallest absolute Gasteiger partial charge is 0.255 e. The van der Waals surface area contributed by atoms with Crippen molar-refractivity contribution in [3.63, 3.8) is 0 Å². The first-order valence-electron chi connectivity index (χ1n) is 5.40. The SMILES string of the molecule is O=C(Nc1c(Cl)cc(Cl)cc1Cl)c1cc(F)c(F)c(F)c1. The lowest BCUT2D eigenvalue weighted by atomic mass is 10.2. The van der Waals surface area contributed by atoms with Crippen molar-refractivity contribution in [3.05, 3.63) is 62.3 Å². The standard InChI is InChI=1S/C13H5Cl3F3NO/c14-6-3-7(15)12(8(16)4-6)20-13(21)5-1-9(17)11(19)10(18)2-5/h1-4H,(H,20,21). The van der Waals surface area contributed by atoms with Gasteiger partial charge in [0, 0.05) is 10.6 Å². The summed E-state index contributed by atoms with van der Waals surface area (Å²) < 4.78 is 39.0. The van der Waals surface area contributed by atoms with Crippen molar-refractivity contribution in [2.45, 2.75) is 0 Å². The number of amides is 1. The van der Waals surface area contributed by atoms with Crippen LogP contribution in [0.15, 0.2) is 24.3 Å². The highest BCUT2D eigenvalue weighted by atomic mass is 35.5. The molecule has 2 aromatic rings. The maximum atomic E-state index is 13.1. The quantitative estimate of drug-likeness (QED) is 0.727. The third-order valence-corrected chi connectivity index (χ3v) is 3.31. The first kappa shape index (κ1) is 15.9. The van der Waals surface area contributed by atoms with Gasteiger partial charge in [-0.25, -0.2) is 13.2 Å². The molecule has 8 heteroatoms. The number of hydrogen-bond donors (Lipinski definition) is 1. The minimum atomic E-state index is -1.66. The number of rotatable bonds is 2. The van der Waals surface area contributed by atoms with Crippen LogP contribution in [0.5, 0.6) is 0 Å². The lowest BCUT2D eigenvalue weighted by Crippen LogP contribution is -2.14. The van der Waals surface area contributed by atoms with E-state index in [4.69, 9.17) is 34.8 Å². The van der Waals surface area contributed by atoms with Crippen molar-refractivity contribution in [2.24, 2.45) is 0 Å². The molecule has 2 rings (SSSR count). The van der Waals surface area contributed by atoms with Crippen molar-refractivity contribution in [3.8, 4) is 0 Å². The molecule has 0 aliphatic carbocycles. The summed E-state index contributed by atoms with van der Waals surface area (Å²) in [5.74, 6) is -5.52. The predicted octanol–water partition coefficient (Wildman–Crippen LogP) is 5.32. The molecule has 0 spiro atoms. The van der Waals surface area contributed by atoms with Gasteiger partial charge in [0.05, 0.1) is 15.7 Å². The Morgan fingerprint density at radius 3 is 1.86 bits per heavy atom. The number of nitrogens with one attached hydrogen (secondary N) is 1. The van der Waals surface area contributed by atoms with Crippen LogP contribution in [0, 0.1) is 17.5 Å². The molecule has 21 heavy (non-hydrogen) atoms. The summed E-state index contributed by atoms with van der Waals surface area (Å²) >= 11 is 17.4. The van der Waals surface area contributed by atoms with Crippen molar-refractivity contribution in [1.82, 2.24) is 0 Å². The van der Waals surface area contributed by atoms with Crippen LogP contribution in [0.4, 0.5) is 18.9 Å². The minimum absolute atomic E-state index is 0.0258. The largest absolute Gasteiger partial charge is 0.319 e. The van der Waals surface area contributed by atoms with E-state index in [2.05, 4.69) is 5.32 Å². The summed E-state index contributed by atoms with van der Waals surface area (Å²) in [7, 11) is 0. The molecular weight excluding hydrogens is 350 g/mol. The normalized spacial score (nSPS) is 10.6. The number of carbonyl (C=O) groups excluding carboxylic acids is 1. The zero-order chi connectivity index (χ0) is 15.7. The fraction of sp³-hybridized carbons (Fsp3) is 0. The topological polar surface area (TPSA) is 29.1 Å². The van der Waals surface area contributed by atoms with E-state index in [9.17, 15) is 18.0 Å². The van der Waals surface area contributed by atoms with Gasteiger partial charge in [-0.3, -0.25) is 4.79 Å². The molecular formula is C13H5Cl3F3NO. The zero-order valence-electron chi connectivity index (χ0n) is 9.99. The Kier molecular flexibility index (Phi) is 4.66. The fourth-order valence-corrected chi connectivity index (χ4v) is 2.45. The molecule has 0 aliphatic rings. The highest BCUT2D eigenvalue weighted by Gasteiger charge is 2.17. The number of anilines is 1. The van der Waals surface area contributed by atoms with E-state index in [1.807, 2.05) is 0 Å². The van der Waals surface area contributed by atoms with Gasteiger partial charge in [0.2, 0.25) is 0 Å². The van der Waals surface area contributed by atoms with E-state index in [1.54, 1.807) is 0 Å². The van der Waals surface area contributed by atoms with Gasteiger partial charge in [-0.05, 0) is 24.3 Å². The molecule has 0 atom stereocenters. The van der Waals surface area contributed by atoms with Crippen molar-refractivity contribution in [2.75, 3.05) is 5.32 Å². The second-order valence-corrected chi connectivity index (χ2v) is 5.20. The second kappa shape index (κ2) is 6.13.